The molecule has 0 aromatic carbocycles. The number of hydrogen-bond acceptors (Lipinski definition) is 5. The van der Waals surface area contributed by atoms with Gasteiger partial charge in [0.2, 0.25) is 0 Å². The molecule has 0 bridgehead atoms. The number of carbonyl (C=O) groups is 3. The van der Waals surface area contributed by atoms with E-state index in [1.54, 1.807) is 0 Å². The molecule has 0 heterocycles. The van der Waals surface area contributed by atoms with E-state index in [4.69, 9.17) is 4.74 Å². The van der Waals surface area contributed by atoms with Gasteiger partial charge in [-0.05, 0) is 86.0 Å². The highest BCUT2D eigenvalue weighted by molar-refractivity contribution is 6.06. The van der Waals surface area contributed by atoms with Crippen LogP contribution in [0.1, 0.15) is 99.3 Å². The largest absolute Gasteiger partial charge is 0.459 e. The number of fused-ring (bicyclic) bond motifs is 8. The Kier molecular flexibility index (Phi) is 4.91. The summed E-state index contributed by atoms with van der Waals surface area (Å²) in [4.78, 5) is 39.9. The van der Waals surface area contributed by atoms with Crippen molar-refractivity contribution in [2.45, 2.75) is 105 Å². The van der Waals surface area contributed by atoms with Crippen LogP contribution in [0.15, 0.2) is 23.3 Å². The van der Waals surface area contributed by atoms with E-state index in [0.717, 1.165) is 63.4 Å². The van der Waals surface area contributed by atoms with Crippen molar-refractivity contribution < 1.29 is 19.1 Å². The molecule has 6 rings (SSSR count). The zero-order valence-corrected chi connectivity index (χ0v) is 23.3. The average Bonchev–Trinajstić information content (AvgIpc) is 3.60. The molecule has 0 unspecified atom stereocenters. The predicted octanol–water partition coefficient (Wildman–Crippen LogP) is 6.28. The number of allylic oxidation sites excluding steroid dienone is 4. The number of ether oxygens (including phenoxy) is 1. The lowest BCUT2D eigenvalue weighted by atomic mass is 9.36. The van der Waals surface area contributed by atoms with Gasteiger partial charge in [-0.3, -0.25) is 14.4 Å². The van der Waals surface area contributed by atoms with Crippen molar-refractivity contribution in [3.63, 3.8) is 0 Å². The molecule has 0 aromatic rings. The van der Waals surface area contributed by atoms with Crippen LogP contribution in [0.5, 0.6) is 0 Å². The minimum atomic E-state index is -0.562. The Morgan fingerprint density at radius 2 is 1.68 bits per heavy atom. The molecule has 1 spiro atoms. The molecule has 37 heavy (non-hydrogen) atoms. The van der Waals surface area contributed by atoms with Gasteiger partial charge in [0, 0.05) is 29.6 Å². The maximum atomic E-state index is 14.4. The lowest BCUT2D eigenvalue weighted by Gasteiger charge is -2.68. The van der Waals surface area contributed by atoms with Crippen LogP contribution in [0.4, 0.5) is 0 Å². The van der Waals surface area contributed by atoms with Crippen LogP contribution in [0.3, 0.4) is 0 Å². The first-order chi connectivity index (χ1) is 17.2. The summed E-state index contributed by atoms with van der Waals surface area (Å²) in [5.41, 5.74) is -0.433. The predicted molar refractivity (Wildman–Crippen MR) is 139 cm³/mol. The third-order valence-corrected chi connectivity index (χ3v) is 12.6. The monoisotopic (exact) mass is 503 g/mol. The minimum Gasteiger partial charge on any atom is -0.459 e. The van der Waals surface area contributed by atoms with E-state index in [1.807, 2.05) is 12.2 Å². The molecule has 0 saturated heterocycles. The second-order valence-electron chi connectivity index (χ2n) is 14.8. The van der Waals surface area contributed by atoms with Crippen LogP contribution in [-0.4, -0.2) is 23.1 Å². The molecule has 4 fully saturated rings. The van der Waals surface area contributed by atoms with Crippen LogP contribution in [0.2, 0.25) is 0 Å². The van der Waals surface area contributed by atoms with E-state index in [9.17, 15) is 19.6 Å². The Morgan fingerprint density at radius 1 is 1.00 bits per heavy atom. The van der Waals surface area contributed by atoms with Gasteiger partial charge in [-0.25, -0.2) is 0 Å². The number of Topliss-reactive ketones (excluding diaryl/α,β-unsaturated/α-hetero) is 1. The van der Waals surface area contributed by atoms with Crippen molar-refractivity contribution in [1.82, 2.24) is 0 Å². The molecule has 0 aliphatic heterocycles. The quantitative estimate of drug-likeness (QED) is 0.394. The number of carbonyl (C=O) groups excluding carboxylic acids is 3. The van der Waals surface area contributed by atoms with Gasteiger partial charge in [0.25, 0.3) is 0 Å². The Hall–Kier alpha value is -2.22. The lowest BCUT2D eigenvalue weighted by molar-refractivity contribution is -0.214. The van der Waals surface area contributed by atoms with Gasteiger partial charge in [0.1, 0.15) is 11.7 Å². The van der Waals surface area contributed by atoms with Gasteiger partial charge in [-0.2, -0.15) is 5.26 Å². The summed E-state index contributed by atoms with van der Waals surface area (Å²) in [5.74, 6) is -0.115. The molecule has 0 amide bonds. The zero-order valence-electron chi connectivity index (χ0n) is 23.3. The van der Waals surface area contributed by atoms with Crippen molar-refractivity contribution in [2.75, 3.05) is 0 Å². The molecule has 6 aliphatic rings. The van der Waals surface area contributed by atoms with Crippen molar-refractivity contribution in [3.05, 3.63) is 23.3 Å². The van der Waals surface area contributed by atoms with Crippen LogP contribution >= 0.6 is 0 Å². The van der Waals surface area contributed by atoms with E-state index in [0.29, 0.717) is 0 Å². The molecule has 0 aromatic heterocycles. The molecule has 5 nitrogen and oxygen atoms in total. The van der Waals surface area contributed by atoms with E-state index < -0.39 is 16.4 Å². The van der Waals surface area contributed by atoms with E-state index >= 15 is 0 Å². The van der Waals surface area contributed by atoms with Crippen LogP contribution in [-0.2, 0) is 19.1 Å². The minimum absolute atomic E-state index is 0.000487. The summed E-state index contributed by atoms with van der Waals surface area (Å²) < 4.78 is 6.17. The van der Waals surface area contributed by atoms with Gasteiger partial charge < -0.3 is 4.74 Å². The second-order valence-corrected chi connectivity index (χ2v) is 14.8. The number of hydrogen-bond donors (Lipinski definition) is 0. The van der Waals surface area contributed by atoms with Crippen LogP contribution in [0.25, 0.3) is 0 Å². The van der Waals surface area contributed by atoms with Crippen molar-refractivity contribution in [2.24, 2.45) is 44.8 Å². The third-order valence-electron chi connectivity index (χ3n) is 12.6. The normalized spacial score (nSPS) is 46.8. The first-order valence-electron chi connectivity index (χ1n) is 14.3. The van der Waals surface area contributed by atoms with Crippen LogP contribution < -0.4 is 0 Å². The molecule has 198 valence electrons. The van der Waals surface area contributed by atoms with E-state index in [1.165, 1.54) is 6.92 Å². The number of ketones is 2. The number of rotatable bonds is 1. The molecule has 0 N–H and O–H groups in total. The first-order valence-corrected chi connectivity index (χ1v) is 14.3. The van der Waals surface area contributed by atoms with Crippen molar-refractivity contribution >= 4 is 17.5 Å². The third kappa shape index (κ3) is 2.99. The molecule has 6 aliphatic carbocycles. The maximum absolute atomic E-state index is 14.4. The number of esters is 1. The number of nitrogens with zero attached hydrogens (tertiary/aromatic N) is 1. The molecular weight excluding hydrogens is 462 g/mol. The summed E-state index contributed by atoms with van der Waals surface area (Å²) in [6.45, 7) is 12.9. The SMILES string of the molecule is CC(=O)O[C@]12CCC(C)(C)C[C@H]1[C@H]1C(=O)C=C3[C@@]4(C)C=C(C#N)C(=O)C5(CC5)[C@@H]4CC[C@@]3(C)[C@]1(C)CC2. The van der Waals surface area contributed by atoms with Crippen molar-refractivity contribution in [3.8, 4) is 6.07 Å². The van der Waals surface area contributed by atoms with Gasteiger partial charge in [0.15, 0.2) is 11.6 Å². The fourth-order valence-corrected chi connectivity index (χ4v) is 10.4. The summed E-state index contributed by atoms with van der Waals surface area (Å²) in [6.07, 6.45) is 11.8. The summed E-state index contributed by atoms with van der Waals surface area (Å²) in [6, 6.07) is 2.21. The van der Waals surface area contributed by atoms with Crippen LogP contribution in [0, 0.1) is 56.2 Å². The Morgan fingerprint density at radius 3 is 2.30 bits per heavy atom. The highest BCUT2D eigenvalue weighted by Crippen LogP contribution is 2.76. The summed E-state index contributed by atoms with van der Waals surface area (Å²) in [5, 5.41) is 9.89. The van der Waals surface area contributed by atoms with Gasteiger partial charge in [0.05, 0.1) is 5.57 Å². The average molecular weight is 504 g/mol. The molecule has 5 heteroatoms. The van der Waals surface area contributed by atoms with Gasteiger partial charge in [-0.1, -0.05) is 46.3 Å². The topological polar surface area (TPSA) is 84.2 Å². The fraction of sp³-hybridized carbons (Fsp3) is 0.750. The van der Waals surface area contributed by atoms with Gasteiger partial charge in [-0.15, -0.1) is 0 Å². The maximum Gasteiger partial charge on any atom is 0.303 e. The lowest BCUT2D eigenvalue weighted by Crippen LogP contribution is -2.66. The number of nitriles is 1. The Balaban J connectivity index is 1.51. The molecule has 7 atom stereocenters. The zero-order chi connectivity index (χ0) is 26.8. The standard InChI is InChI=1S/C32H41NO4/c1-19(34)37-32-13-9-27(2,3)17-21(32)25-22(35)15-24-28(4)16-20(18-33)26(36)31(11-12-31)23(28)7-8-29(24,5)30(25,6)10-14-32/h15-16,21,23,25H,7-14,17H2,1-6H3/t21-,23+,25-,28-,29+,30+,32-/m0/s1. The Bertz CT molecular complexity index is 1230. The van der Waals surface area contributed by atoms with Crippen molar-refractivity contribution in [1.29, 1.82) is 5.26 Å². The molecule has 4 saturated carbocycles. The Labute approximate surface area is 221 Å². The first kappa shape index (κ1) is 25.1. The summed E-state index contributed by atoms with van der Waals surface area (Å²) >= 11 is 0. The molecule has 0 radical (unpaired) electrons. The highest BCUT2D eigenvalue weighted by atomic mass is 16.6. The molecular formula is C32H41NO4. The second kappa shape index (κ2) is 7.25. The van der Waals surface area contributed by atoms with E-state index in [2.05, 4.69) is 40.7 Å². The smallest absolute Gasteiger partial charge is 0.303 e. The fourth-order valence-electron chi connectivity index (χ4n) is 10.4. The van der Waals surface area contributed by atoms with Gasteiger partial charge >= 0.3 is 5.97 Å². The highest BCUT2D eigenvalue weighted by Gasteiger charge is 2.72. The summed E-state index contributed by atoms with van der Waals surface area (Å²) in [7, 11) is 0. The van der Waals surface area contributed by atoms with E-state index in [-0.39, 0.29) is 57.1 Å².